The molecule has 0 aliphatic carbocycles. The minimum Gasteiger partial charge on any atom is -0.502 e. The molecule has 1 aliphatic rings. The highest BCUT2D eigenvalue weighted by atomic mass is 35.5. The maximum Gasteiger partial charge on any atom is 0.290 e. The van der Waals surface area contributed by atoms with Crippen LogP contribution in [-0.2, 0) is 21.2 Å². The lowest BCUT2D eigenvalue weighted by Gasteiger charge is -2.27. The van der Waals surface area contributed by atoms with Gasteiger partial charge in [0, 0.05) is 11.6 Å². The smallest absolute Gasteiger partial charge is 0.290 e. The summed E-state index contributed by atoms with van der Waals surface area (Å²) in [5.41, 5.74) is 1.34. The van der Waals surface area contributed by atoms with E-state index >= 15 is 0 Å². The third-order valence-corrected chi connectivity index (χ3v) is 7.44. The van der Waals surface area contributed by atoms with Crippen LogP contribution in [0.4, 0.5) is 0 Å². The van der Waals surface area contributed by atoms with E-state index in [0.29, 0.717) is 16.3 Å². The SMILES string of the molecule is COc1ccc(CN2C(=O)C(O)=C(S(=O)(=O)c3ccc(Cl)cc3)C2c2ccccc2)cc1. The van der Waals surface area contributed by atoms with Crippen molar-refractivity contribution in [2.75, 3.05) is 7.11 Å². The van der Waals surface area contributed by atoms with Crippen molar-refractivity contribution in [3.63, 3.8) is 0 Å². The first kappa shape index (κ1) is 21.9. The molecule has 0 fully saturated rings. The van der Waals surface area contributed by atoms with Gasteiger partial charge in [0.25, 0.3) is 5.91 Å². The molecular weight excluding hydrogens is 450 g/mol. The van der Waals surface area contributed by atoms with E-state index in [9.17, 15) is 18.3 Å². The molecule has 0 aromatic heterocycles. The van der Waals surface area contributed by atoms with Crippen LogP contribution < -0.4 is 4.74 Å². The first-order valence-corrected chi connectivity index (χ1v) is 11.6. The molecule has 6 nitrogen and oxygen atoms in total. The van der Waals surface area contributed by atoms with Crippen molar-refractivity contribution in [3.8, 4) is 5.75 Å². The van der Waals surface area contributed by atoms with Crippen molar-refractivity contribution in [3.05, 3.63) is 106 Å². The zero-order valence-electron chi connectivity index (χ0n) is 17.1. The second-order valence-electron chi connectivity index (χ2n) is 7.26. The number of halogens is 1. The fourth-order valence-corrected chi connectivity index (χ4v) is 5.48. The molecule has 0 radical (unpaired) electrons. The fourth-order valence-electron chi connectivity index (χ4n) is 3.70. The Labute approximate surface area is 191 Å². The number of sulfone groups is 1. The third-order valence-electron chi connectivity index (χ3n) is 5.30. The molecule has 4 rings (SSSR count). The van der Waals surface area contributed by atoms with Gasteiger partial charge in [0.15, 0.2) is 5.76 Å². The molecule has 3 aromatic rings. The maximum atomic E-state index is 13.5. The number of aliphatic hydroxyl groups is 1. The number of methoxy groups -OCH3 is 1. The Morgan fingerprint density at radius 3 is 2.19 bits per heavy atom. The molecule has 32 heavy (non-hydrogen) atoms. The normalized spacial score (nSPS) is 16.5. The van der Waals surface area contributed by atoms with Crippen LogP contribution in [0.2, 0.25) is 5.02 Å². The Kier molecular flexibility index (Phi) is 5.95. The molecule has 0 spiro atoms. The van der Waals surface area contributed by atoms with Gasteiger partial charge in [0.2, 0.25) is 9.84 Å². The highest BCUT2D eigenvalue weighted by molar-refractivity contribution is 7.95. The zero-order chi connectivity index (χ0) is 22.9. The minimum absolute atomic E-state index is 0.0523. The number of nitrogens with zero attached hydrogens (tertiary/aromatic N) is 1. The van der Waals surface area contributed by atoms with E-state index in [2.05, 4.69) is 0 Å². The lowest BCUT2D eigenvalue weighted by molar-refractivity contribution is -0.130. The van der Waals surface area contributed by atoms with E-state index in [0.717, 1.165) is 5.56 Å². The third kappa shape index (κ3) is 3.97. The van der Waals surface area contributed by atoms with Crippen molar-refractivity contribution in [2.24, 2.45) is 0 Å². The quantitative estimate of drug-likeness (QED) is 0.567. The molecular formula is C24H20ClNO5S. The van der Waals surface area contributed by atoms with E-state index in [1.807, 2.05) is 0 Å². The summed E-state index contributed by atoms with van der Waals surface area (Å²) in [6.07, 6.45) is 0. The van der Waals surface area contributed by atoms with E-state index in [1.165, 1.54) is 29.2 Å². The Balaban J connectivity index is 1.81. The predicted octanol–water partition coefficient (Wildman–Crippen LogP) is 4.68. The molecule has 1 aliphatic heterocycles. The molecule has 164 valence electrons. The molecule has 0 bridgehead atoms. The molecule has 1 unspecified atom stereocenters. The number of ether oxygens (including phenoxy) is 1. The van der Waals surface area contributed by atoms with E-state index in [1.54, 1.807) is 61.7 Å². The first-order chi connectivity index (χ1) is 15.3. The zero-order valence-corrected chi connectivity index (χ0v) is 18.7. The van der Waals surface area contributed by atoms with Crippen LogP contribution in [0.1, 0.15) is 17.2 Å². The highest BCUT2D eigenvalue weighted by Crippen LogP contribution is 2.43. The fraction of sp³-hybridized carbons (Fsp3) is 0.125. The van der Waals surface area contributed by atoms with Gasteiger partial charge in [0.05, 0.1) is 18.0 Å². The standard InChI is InChI=1S/C24H20ClNO5S/c1-31-19-11-7-16(8-12-19)15-26-21(17-5-3-2-4-6-17)23(22(27)24(26)28)32(29,30)20-13-9-18(25)10-14-20/h2-14,21,27H,15H2,1H3. The number of rotatable bonds is 6. The topological polar surface area (TPSA) is 83.9 Å². The van der Waals surface area contributed by atoms with Gasteiger partial charge in [0.1, 0.15) is 10.7 Å². The minimum atomic E-state index is -4.18. The van der Waals surface area contributed by atoms with Gasteiger partial charge < -0.3 is 14.7 Å². The summed E-state index contributed by atoms with van der Waals surface area (Å²) in [5.74, 6) is -0.863. The number of hydrogen-bond donors (Lipinski definition) is 1. The van der Waals surface area contributed by atoms with Gasteiger partial charge in [-0.15, -0.1) is 0 Å². The average molecular weight is 470 g/mol. The van der Waals surface area contributed by atoms with Crippen LogP contribution in [0.15, 0.2) is 94.4 Å². The molecule has 0 saturated carbocycles. The summed E-state index contributed by atoms with van der Waals surface area (Å²) in [6, 6.07) is 20.5. The maximum absolute atomic E-state index is 13.5. The van der Waals surface area contributed by atoms with Gasteiger partial charge >= 0.3 is 0 Å². The van der Waals surface area contributed by atoms with Crippen LogP contribution in [0.25, 0.3) is 0 Å². The summed E-state index contributed by atoms with van der Waals surface area (Å²) in [4.78, 5) is 14.0. The summed E-state index contributed by atoms with van der Waals surface area (Å²) >= 11 is 5.91. The number of hydrogen-bond acceptors (Lipinski definition) is 5. The van der Waals surface area contributed by atoms with Crippen molar-refractivity contribution < 1.29 is 23.1 Å². The Morgan fingerprint density at radius 1 is 0.969 bits per heavy atom. The average Bonchev–Trinajstić information content (AvgIpc) is 3.06. The number of amides is 1. The number of carbonyl (C=O) groups is 1. The Hall–Kier alpha value is -3.29. The summed E-state index contributed by atoms with van der Waals surface area (Å²) in [6.45, 7) is 0.103. The van der Waals surface area contributed by atoms with Crippen LogP contribution >= 0.6 is 11.6 Å². The van der Waals surface area contributed by atoms with Crippen LogP contribution in [-0.4, -0.2) is 31.4 Å². The van der Waals surface area contributed by atoms with Crippen molar-refractivity contribution >= 4 is 27.3 Å². The largest absolute Gasteiger partial charge is 0.502 e. The number of carbonyl (C=O) groups excluding carboxylic acids is 1. The van der Waals surface area contributed by atoms with E-state index in [4.69, 9.17) is 16.3 Å². The van der Waals surface area contributed by atoms with Gasteiger partial charge in [-0.3, -0.25) is 4.79 Å². The van der Waals surface area contributed by atoms with Crippen molar-refractivity contribution in [1.29, 1.82) is 0 Å². The Morgan fingerprint density at radius 2 is 1.59 bits per heavy atom. The lowest BCUT2D eigenvalue weighted by atomic mass is 10.1. The lowest BCUT2D eigenvalue weighted by Crippen LogP contribution is -2.30. The molecule has 1 N–H and O–H groups in total. The second-order valence-corrected chi connectivity index (χ2v) is 9.62. The molecule has 0 saturated heterocycles. The van der Waals surface area contributed by atoms with Gasteiger partial charge in [-0.05, 0) is 47.5 Å². The van der Waals surface area contributed by atoms with Gasteiger partial charge in [-0.1, -0.05) is 54.1 Å². The predicted molar refractivity (Wildman–Crippen MR) is 121 cm³/mol. The van der Waals surface area contributed by atoms with Crippen LogP contribution in [0.5, 0.6) is 5.75 Å². The first-order valence-electron chi connectivity index (χ1n) is 9.75. The summed E-state index contributed by atoms with van der Waals surface area (Å²) in [7, 11) is -2.63. The second kappa shape index (κ2) is 8.68. The van der Waals surface area contributed by atoms with E-state index < -0.39 is 27.5 Å². The number of aliphatic hydroxyl groups excluding tert-OH is 1. The highest BCUT2D eigenvalue weighted by Gasteiger charge is 2.46. The summed E-state index contributed by atoms with van der Waals surface area (Å²) in [5, 5.41) is 11.1. The molecule has 1 atom stereocenters. The monoisotopic (exact) mass is 469 g/mol. The number of benzene rings is 3. The molecule has 1 amide bonds. The van der Waals surface area contributed by atoms with Gasteiger partial charge in [-0.2, -0.15) is 0 Å². The summed E-state index contributed by atoms with van der Waals surface area (Å²) < 4.78 is 32.2. The molecule has 1 heterocycles. The van der Waals surface area contributed by atoms with Gasteiger partial charge in [-0.25, -0.2) is 8.42 Å². The van der Waals surface area contributed by atoms with E-state index in [-0.39, 0.29) is 16.3 Å². The van der Waals surface area contributed by atoms with Crippen LogP contribution in [0, 0.1) is 0 Å². The molecule has 8 heteroatoms. The van der Waals surface area contributed by atoms with Crippen molar-refractivity contribution in [1.82, 2.24) is 4.90 Å². The van der Waals surface area contributed by atoms with Crippen molar-refractivity contribution in [2.45, 2.75) is 17.5 Å². The Bertz CT molecular complexity index is 1270. The molecule has 3 aromatic carbocycles. The van der Waals surface area contributed by atoms with Crippen LogP contribution in [0.3, 0.4) is 0 Å².